The third-order valence-corrected chi connectivity index (χ3v) is 6.31. The van der Waals surface area contributed by atoms with Crippen LogP contribution in [0.5, 0.6) is 0 Å². The Hall–Kier alpha value is -3.86. The predicted octanol–water partition coefficient (Wildman–Crippen LogP) is 3.44. The molecule has 3 aromatic heterocycles. The number of H-pyrrole nitrogens is 1. The van der Waals surface area contributed by atoms with Crippen molar-refractivity contribution in [2.75, 3.05) is 23.8 Å². The van der Waals surface area contributed by atoms with E-state index in [1.165, 1.54) is 18.6 Å². The molecule has 0 unspecified atom stereocenters. The first-order valence-electron chi connectivity index (χ1n) is 11.4. The number of halogens is 1. The van der Waals surface area contributed by atoms with E-state index in [0.29, 0.717) is 34.7 Å². The standard InChI is InChI=1S/C25H23ClN6O4/c26-19-9-14(32-25(35)20-3-1-2-8-27-20)5-7-17(19)22(34)18-10-28-23-21(18)24(30-13-29-23)31-15-4-6-16(11-33)36-12-15/h1-3,5,7-10,13,15-16,33H,4,6,11-12H2,(H,32,35)(H2,28,29,30,31)/t15-,16+/m1/s1. The second kappa shape index (κ2) is 10.4. The molecule has 184 valence electrons. The fraction of sp³-hybridized carbons (Fsp3) is 0.240. The molecular formula is C25H23ClN6O4. The monoisotopic (exact) mass is 506 g/mol. The van der Waals surface area contributed by atoms with Crippen molar-refractivity contribution in [2.45, 2.75) is 25.0 Å². The molecule has 0 aliphatic carbocycles. The van der Waals surface area contributed by atoms with E-state index in [9.17, 15) is 14.7 Å². The minimum atomic E-state index is -0.382. The van der Waals surface area contributed by atoms with Gasteiger partial charge in [-0.2, -0.15) is 0 Å². The van der Waals surface area contributed by atoms with Crippen LogP contribution < -0.4 is 10.6 Å². The Morgan fingerprint density at radius 3 is 2.75 bits per heavy atom. The molecule has 5 rings (SSSR count). The zero-order chi connectivity index (χ0) is 25.1. The van der Waals surface area contributed by atoms with Crippen molar-refractivity contribution >= 4 is 45.8 Å². The number of rotatable bonds is 7. The third-order valence-electron chi connectivity index (χ3n) is 6.00. The van der Waals surface area contributed by atoms with Crippen LogP contribution in [0.1, 0.15) is 39.3 Å². The van der Waals surface area contributed by atoms with E-state index in [2.05, 4.69) is 30.6 Å². The van der Waals surface area contributed by atoms with Gasteiger partial charge in [-0.15, -0.1) is 0 Å². The molecule has 10 nitrogen and oxygen atoms in total. The van der Waals surface area contributed by atoms with Gasteiger partial charge in [0.05, 0.1) is 41.3 Å². The lowest BCUT2D eigenvalue weighted by Crippen LogP contribution is -2.36. The summed E-state index contributed by atoms with van der Waals surface area (Å²) in [5.41, 5.74) is 1.86. The van der Waals surface area contributed by atoms with Gasteiger partial charge in [-0.05, 0) is 43.2 Å². The van der Waals surface area contributed by atoms with Crippen LogP contribution in [0.2, 0.25) is 5.02 Å². The van der Waals surface area contributed by atoms with Gasteiger partial charge < -0.3 is 25.5 Å². The number of carbonyl (C=O) groups excluding carboxylic acids is 2. The van der Waals surface area contributed by atoms with Gasteiger partial charge in [-0.25, -0.2) is 9.97 Å². The zero-order valence-corrected chi connectivity index (χ0v) is 19.8. The Balaban J connectivity index is 1.38. The van der Waals surface area contributed by atoms with Crippen LogP contribution in [0.25, 0.3) is 11.0 Å². The first-order chi connectivity index (χ1) is 17.5. The summed E-state index contributed by atoms with van der Waals surface area (Å²) < 4.78 is 5.65. The van der Waals surface area contributed by atoms with E-state index in [1.807, 2.05) is 0 Å². The highest BCUT2D eigenvalue weighted by Gasteiger charge is 2.25. The van der Waals surface area contributed by atoms with Crippen molar-refractivity contribution in [1.82, 2.24) is 19.9 Å². The second-order valence-corrected chi connectivity index (χ2v) is 8.80. The maximum atomic E-state index is 13.5. The van der Waals surface area contributed by atoms with Crippen molar-refractivity contribution in [1.29, 1.82) is 0 Å². The van der Waals surface area contributed by atoms with Gasteiger partial charge in [0.2, 0.25) is 0 Å². The fourth-order valence-corrected chi connectivity index (χ4v) is 4.39. The molecule has 0 radical (unpaired) electrons. The van der Waals surface area contributed by atoms with E-state index in [4.69, 9.17) is 16.3 Å². The molecule has 0 saturated carbocycles. The Morgan fingerprint density at radius 1 is 1.14 bits per heavy atom. The number of ketones is 1. The van der Waals surface area contributed by atoms with Crippen LogP contribution in [-0.4, -0.2) is 62.1 Å². The SMILES string of the molecule is O=C(Nc1ccc(C(=O)c2c[nH]c3ncnc(N[C@@H]4CC[C@@H](CO)OC4)c23)c(Cl)c1)c1ccccn1. The Kier molecular flexibility index (Phi) is 6.90. The number of nitrogens with one attached hydrogen (secondary N) is 3. The highest BCUT2D eigenvalue weighted by molar-refractivity contribution is 6.36. The lowest BCUT2D eigenvalue weighted by Gasteiger charge is -2.29. The average Bonchev–Trinajstić information content (AvgIpc) is 3.35. The number of aliphatic hydroxyl groups is 1. The second-order valence-electron chi connectivity index (χ2n) is 8.40. The van der Waals surface area contributed by atoms with Crippen LogP contribution >= 0.6 is 11.6 Å². The predicted molar refractivity (Wildman–Crippen MR) is 134 cm³/mol. The van der Waals surface area contributed by atoms with Crippen LogP contribution in [0.15, 0.2) is 55.1 Å². The maximum Gasteiger partial charge on any atom is 0.274 e. The van der Waals surface area contributed by atoms with Crippen LogP contribution in [-0.2, 0) is 4.74 Å². The van der Waals surface area contributed by atoms with Crippen molar-refractivity contribution in [3.63, 3.8) is 0 Å². The third kappa shape index (κ3) is 4.92. The zero-order valence-electron chi connectivity index (χ0n) is 19.1. The molecule has 36 heavy (non-hydrogen) atoms. The largest absolute Gasteiger partial charge is 0.394 e. The number of hydrogen-bond acceptors (Lipinski definition) is 8. The van der Waals surface area contributed by atoms with Gasteiger partial charge in [0, 0.05) is 23.6 Å². The number of carbonyl (C=O) groups is 2. The molecule has 2 atom stereocenters. The topological polar surface area (TPSA) is 142 Å². The Labute approximate surface area is 211 Å². The average molecular weight is 507 g/mol. The molecule has 1 amide bonds. The minimum Gasteiger partial charge on any atom is -0.394 e. The number of ether oxygens (including phenoxy) is 1. The minimum absolute atomic E-state index is 0.00664. The molecule has 0 bridgehead atoms. The van der Waals surface area contributed by atoms with Gasteiger partial charge in [-0.1, -0.05) is 17.7 Å². The van der Waals surface area contributed by atoms with Crippen molar-refractivity contribution in [2.24, 2.45) is 0 Å². The van der Waals surface area contributed by atoms with Gasteiger partial charge in [0.15, 0.2) is 5.78 Å². The van der Waals surface area contributed by atoms with Gasteiger partial charge in [0.1, 0.15) is 23.5 Å². The number of aromatic nitrogens is 4. The summed E-state index contributed by atoms with van der Waals surface area (Å²) in [5.74, 6) is -0.185. The van der Waals surface area contributed by atoms with Crippen molar-refractivity contribution in [3.8, 4) is 0 Å². The van der Waals surface area contributed by atoms with Crippen LogP contribution in [0, 0.1) is 0 Å². The number of pyridine rings is 1. The summed E-state index contributed by atoms with van der Waals surface area (Å²) in [6, 6.07) is 9.73. The molecule has 1 aromatic carbocycles. The van der Waals surface area contributed by atoms with Gasteiger partial charge in [0.25, 0.3) is 5.91 Å². The van der Waals surface area contributed by atoms with E-state index in [1.54, 1.807) is 36.5 Å². The summed E-state index contributed by atoms with van der Waals surface area (Å²) in [6.45, 7) is 0.412. The molecule has 1 aliphatic heterocycles. The normalized spacial score (nSPS) is 17.6. The number of hydrogen-bond donors (Lipinski definition) is 4. The van der Waals surface area contributed by atoms with E-state index in [0.717, 1.165) is 12.8 Å². The summed E-state index contributed by atoms with van der Waals surface area (Å²) in [4.78, 5) is 41.5. The Morgan fingerprint density at radius 2 is 2.03 bits per heavy atom. The molecule has 1 fully saturated rings. The summed E-state index contributed by atoms with van der Waals surface area (Å²) in [6.07, 6.45) is 5.89. The molecular weight excluding hydrogens is 484 g/mol. The fourth-order valence-electron chi connectivity index (χ4n) is 4.12. The van der Waals surface area contributed by atoms with E-state index in [-0.39, 0.29) is 46.7 Å². The highest BCUT2D eigenvalue weighted by atomic mass is 35.5. The summed E-state index contributed by atoms with van der Waals surface area (Å²) in [7, 11) is 0. The first kappa shape index (κ1) is 23.9. The Bertz CT molecular complexity index is 1400. The van der Waals surface area contributed by atoms with Crippen molar-refractivity contribution < 1.29 is 19.4 Å². The van der Waals surface area contributed by atoms with Crippen LogP contribution in [0.3, 0.4) is 0 Å². The summed E-state index contributed by atoms with van der Waals surface area (Å²) >= 11 is 6.46. The number of benzene rings is 1. The van der Waals surface area contributed by atoms with Gasteiger partial charge >= 0.3 is 0 Å². The molecule has 4 aromatic rings. The number of aromatic amines is 1. The molecule has 11 heteroatoms. The number of amides is 1. The van der Waals surface area contributed by atoms with E-state index < -0.39 is 0 Å². The number of nitrogens with zero attached hydrogens (tertiary/aromatic N) is 3. The maximum absolute atomic E-state index is 13.5. The smallest absolute Gasteiger partial charge is 0.274 e. The quantitative estimate of drug-likeness (QED) is 0.279. The van der Waals surface area contributed by atoms with Gasteiger partial charge in [-0.3, -0.25) is 14.6 Å². The molecule has 1 aliphatic rings. The first-order valence-corrected chi connectivity index (χ1v) is 11.8. The number of anilines is 2. The number of aliphatic hydroxyl groups excluding tert-OH is 1. The van der Waals surface area contributed by atoms with E-state index >= 15 is 0 Å². The highest BCUT2D eigenvalue weighted by Crippen LogP contribution is 2.30. The number of fused-ring (bicyclic) bond motifs is 1. The molecule has 1 saturated heterocycles. The molecule has 0 spiro atoms. The van der Waals surface area contributed by atoms with Crippen molar-refractivity contribution in [3.05, 3.63) is 77.0 Å². The summed E-state index contributed by atoms with van der Waals surface area (Å²) in [5, 5.41) is 16.1. The van der Waals surface area contributed by atoms with Crippen LogP contribution in [0.4, 0.5) is 11.5 Å². The lowest BCUT2D eigenvalue weighted by molar-refractivity contribution is -0.0224. The lowest BCUT2D eigenvalue weighted by atomic mass is 10.0. The molecule has 4 heterocycles. The molecule has 4 N–H and O–H groups in total.